The molecule has 0 bridgehead atoms. The van der Waals surface area contributed by atoms with E-state index in [2.05, 4.69) is 25.8 Å². The number of hydrogen-bond donors (Lipinski definition) is 0. The fourth-order valence-corrected chi connectivity index (χ4v) is 3.14. The molecular formula is C11H9BrClN3O. The minimum atomic E-state index is 0.274. The summed E-state index contributed by atoms with van der Waals surface area (Å²) in [4.78, 5) is 6.42. The van der Waals surface area contributed by atoms with Crippen molar-refractivity contribution in [2.75, 3.05) is 31.2 Å². The normalized spacial score (nSPS) is 20.6. The molecule has 2 aliphatic heterocycles. The van der Waals surface area contributed by atoms with Crippen molar-refractivity contribution in [3.63, 3.8) is 0 Å². The van der Waals surface area contributed by atoms with Crippen molar-refractivity contribution < 1.29 is 4.74 Å². The molecule has 0 saturated carbocycles. The molecule has 0 amide bonds. The number of hydrogen-bond acceptors (Lipinski definition) is 4. The number of pyridine rings is 1. The Balaban J connectivity index is 1.86. The Morgan fingerprint density at radius 1 is 1.53 bits per heavy atom. The predicted octanol–water partition coefficient (Wildman–Crippen LogP) is 2.21. The van der Waals surface area contributed by atoms with Gasteiger partial charge in [0.15, 0.2) is 5.69 Å². The van der Waals surface area contributed by atoms with E-state index < -0.39 is 0 Å². The minimum Gasteiger partial charge on any atom is -0.380 e. The van der Waals surface area contributed by atoms with E-state index in [0.717, 1.165) is 36.6 Å². The Bertz CT molecular complexity index is 516. The molecule has 88 valence electrons. The van der Waals surface area contributed by atoms with Gasteiger partial charge >= 0.3 is 0 Å². The van der Waals surface area contributed by atoms with Gasteiger partial charge in [-0.05, 0) is 22.0 Å². The van der Waals surface area contributed by atoms with Gasteiger partial charge in [0.2, 0.25) is 0 Å². The topological polar surface area (TPSA) is 49.2 Å². The molecule has 2 aliphatic rings. The van der Waals surface area contributed by atoms with E-state index >= 15 is 0 Å². The van der Waals surface area contributed by atoms with Gasteiger partial charge in [0.05, 0.1) is 28.1 Å². The largest absolute Gasteiger partial charge is 0.380 e. The fraction of sp³-hybridized carbons (Fsp3) is 0.455. The summed E-state index contributed by atoms with van der Waals surface area (Å²) >= 11 is 9.34. The van der Waals surface area contributed by atoms with Crippen LogP contribution in [0.1, 0.15) is 5.69 Å². The van der Waals surface area contributed by atoms with Gasteiger partial charge in [-0.15, -0.1) is 0 Å². The van der Waals surface area contributed by atoms with Crippen molar-refractivity contribution in [3.05, 3.63) is 21.3 Å². The Morgan fingerprint density at radius 3 is 2.76 bits per heavy atom. The van der Waals surface area contributed by atoms with E-state index in [1.165, 1.54) is 0 Å². The second kappa shape index (κ2) is 3.84. The number of anilines is 1. The summed E-state index contributed by atoms with van der Waals surface area (Å²) in [5, 5.41) is 9.30. The van der Waals surface area contributed by atoms with Crippen molar-refractivity contribution in [3.8, 4) is 6.07 Å². The highest BCUT2D eigenvalue weighted by atomic mass is 79.9. The van der Waals surface area contributed by atoms with Crippen molar-refractivity contribution in [1.29, 1.82) is 5.26 Å². The van der Waals surface area contributed by atoms with Crippen LogP contribution in [0.25, 0.3) is 0 Å². The first kappa shape index (κ1) is 11.3. The Hall–Kier alpha value is -0.830. The highest BCUT2D eigenvalue weighted by molar-refractivity contribution is 9.10. The Morgan fingerprint density at radius 2 is 2.24 bits per heavy atom. The monoisotopic (exact) mass is 313 g/mol. The summed E-state index contributed by atoms with van der Waals surface area (Å²) in [6.45, 7) is 3.54. The molecule has 0 N–H and O–H groups in total. The minimum absolute atomic E-state index is 0.274. The van der Waals surface area contributed by atoms with Gasteiger partial charge in [0.1, 0.15) is 11.9 Å². The number of aromatic nitrogens is 1. The number of halogens is 2. The lowest BCUT2D eigenvalue weighted by Crippen LogP contribution is -2.66. The molecular weight excluding hydrogens is 305 g/mol. The van der Waals surface area contributed by atoms with E-state index in [0.29, 0.717) is 10.4 Å². The van der Waals surface area contributed by atoms with Gasteiger partial charge < -0.3 is 9.64 Å². The van der Waals surface area contributed by atoms with Crippen LogP contribution in [0.5, 0.6) is 0 Å². The lowest BCUT2D eigenvalue weighted by Gasteiger charge is -2.55. The summed E-state index contributed by atoms with van der Waals surface area (Å²) in [7, 11) is 0. The highest BCUT2D eigenvalue weighted by Crippen LogP contribution is 2.42. The molecule has 17 heavy (non-hydrogen) atoms. The van der Waals surface area contributed by atoms with Gasteiger partial charge in [-0.2, -0.15) is 5.26 Å². The maximum atomic E-state index is 8.92. The number of nitrogens with zero attached hydrogens (tertiary/aromatic N) is 3. The smallest absolute Gasteiger partial charge is 0.161 e. The van der Waals surface area contributed by atoms with Crippen LogP contribution < -0.4 is 4.90 Å². The summed E-state index contributed by atoms with van der Waals surface area (Å²) < 4.78 is 6.06. The molecule has 6 heteroatoms. The summed E-state index contributed by atoms with van der Waals surface area (Å²) in [6.07, 6.45) is 0. The maximum Gasteiger partial charge on any atom is 0.161 e. The van der Waals surface area contributed by atoms with E-state index in [1.54, 1.807) is 6.07 Å². The molecule has 1 spiro atoms. The van der Waals surface area contributed by atoms with Crippen LogP contribution >= 0.6 is 27.5 Å². The first-order valence-electron chi connectivity index (χ1n) is 5.22. The summed E-state index contributed by atoms with van der Waals surface area (Å²) in [5.41, 5.74) is 0.601. The highest BCUT2D eigenvalue weighted by Gasteiger charge is 2.49. The molecule has 0 radical (unpaired) electrons. The quantitative estimate of drug-likeness (QED) is 0.797. The SMILES string of the molecule is N#Cc1nc(N2CC3(COC3)C2)c(Br)cc1Cl. The van der Waals surface area contributed by atoms with E-state index in [4.69, 9.17) is 21.6 Å². The molecule has 0 atom stereocenters. The van der Waals surface area contributed by atoms with Gasteiger partial charge in [0, 0.05) is 13.1 Å². The number of ether oxygens (including phenoxy) is 1. The van der Waals surface area contributed by atoms with Gasteiger partial charge in [-0.1, -0.05) is 11.6 Å². The van der Waals surface area contributed by atoms with E-state index in [-0.39, 0.29) is 5.69 Å². The third kappa shape index (κ3) is 1.71. The molecule has 2 saturated heterocycles. The fourth-order valence-electron chi connectivity index (χ4n) is 2.24. The molecule has 0 unspecified atom stereocenters. The van der Waals surface area contributed by atoms with Crippen molar-refractivity contribution in [1.82, 2.24) is 4.98 Å². The average Bonchev–Trinajstić information content (AvgIpc) is 2.16. The van der Waals surface area contributed by atoms with Crippen LogP contribution in [-0.2, 0) is 4.74 Å². The lowest BCUT2D eigenvalue weighted by molar-refractivity contribution is -0.127. The third-order valence-electron chi connectivity index (χ3n) is 3.19. The van der Waals surface area contributed by atoms with Crippen LogP contribution in [-0.4, -0.2) is 31.3 Å². The first-order valence-corrected chi connectivity index (χ1v) is 6.39. The molecule has 1 aromatic rings. The lowest BCUT2D eigenvalue weighted by atomic mass is 9.78. The van der Waals surface area contributed by atoms with Gasteiger partial charge in [-0.25, -0.2) is 4.98 Å². The Labute approximate surface area is 112 Å². The van der Waals surface area contributed by atoms with Crippen LogP contribution in [0, 0.1) is 16.7 Å². The standard InChI is InChI=1S/C11H9BrClN3O/c12-7-1-8(13)9(2-14)15-10(7)16-3-11(4-16)5-17-6-11/h1H,3-6H2. The van der Waals surface area contributed by atoms with Crippen molar-refractivity contribution >= 4 is 33.3 Å². The predicted molar refractivity (Wildman–Crippen MR) is 67.1 cm³/mol. The third-order valence-corrected chi connectivity index (χ3v) is 4.06. The Kier molecular flexibility index (Phi) is 2.54. The van der Waals surface area contributed by atoms with Crippen LogP contribution in [0.15, 0.2) is 10.5 Å². The molecule has 3 rings (SSSR count). The zero-order valence-electron chi connectivity index (χ0n) is 8.91. The van der Waals surface area contributed by atoms with Crippen LogP contribution in [0.4, 0.5) is 5.82 Å². The van der Waals surface area contributed by atoms with E-state index in [9.17, 15) is 0 Å². The average molecular weight is 315 g/mol. The van der Waals surface area contributed by atoms with Crippen molar-refractivity contribution in [2.24, 2.45) is 5.41 Å². The molecule has 2 fully saturated rings. The van der Waals surface area contributed by atoms with Crippen LogP contribution in [0.2, 0.25) is 5.02 Å². The molecule has 4 nitrogen and oxygen atoms in total. The molecule has 3 heterocycles. The molecule has 0 aliphatic carbocycles. The molecule has 0 aromatic carbocycles. The second-order valence-corrected chi connectivity index (χ2v) is 5.85. The zero-order chi connectivity index (χ0) is 12.0. The summed E-state index contributed by atoms with van der Waals surface area (Å²) in [5.74, 6) is 0.795. The summed E-state index contributed by atoms with van der Waals surface area (Å²) in [6, 6.07) is 3.73. The molecule has 1 aromatic heterocycles. The first-order chi connectivity index (χ1) is 8.13. The number of nitriles is 1. The number of rotatable bonds is 1. The van der Waals surface area contributed by atoms with Gasteiger partial charge in [-0.3, -0.25) is 0 Å². The van der Waals surface area contributed by atoms with E-state index in [1.807, 2.05) is 6.07 Å². The maximum absolute atomic E-state index is 8.92. The van der Waals surface area contributed by atoms with Crippen molar-refractivity contribution in [2.45, 2.75) is 0 Å². The zero-order valence-corrected chi connectivity index (χ0v) is 11.3. The van der Waals surface area contributed by atoms with Crippen LogP contribution in [0.3, 0.4) is 0 Å². The second-order valence-electron chi connectivity index (χ2n) is 4.58. The van der Waals surface area contributed by atoms with Gasteiger partial charge in [0.25, 0.3) is 0 Å².